The Morgan fingerprint density at radius 2 is 1.92 bits per heavy atom. The van der Waals surface area contributed by atoms with E-state index in [4.69, 9.17) is 0 Å². The van der Waals surface area contributed by atoms with Crippen molar-refractivity contribution in [3.8, 4) is 0 Å². The molecule has 0 unspecified atom stereocenters. The van der Waals surface area contributed by atoms with Crippen LogP contribution in [-0.2, 0) is 6.42 Å². The van der Waals surface area contributed by atoms with E-state index < -0.39 is 0 Å². The topological polar surface area (TPSA) is 25.8 Å². The van der Waals surface area contributed by atoms with Gasteiger partial charge in [0.2, 0.25) is 0 Å². The quantitative estimate of drug-likeness (QED) is 0.745. The van der Waals surface area contributed by atoms with Crippen LogP contribution in [0.1, 0.15) is 43.8 Å². The van der Waals surface area contributed by atoms with Crippen molar-refractivity contribution in [3.05, 3.63) is 21.7 Å². The van der Waals surface area contributed by atoms with E-state index in [-0.39, 0.29) is 0 Å². The number of rotatable bonds is 2. The number of hydrogen-bond donors (Lipinski definition) is 0. The van der Waals surface area contributed by atoms with Gasteiger partial charge < -0.3 is 0 Å². The predicted octanol–water partition coefficient (Wildman–Crippen LogP) is 3.23. The Bertz CT molecular complexity index is 308. The second-order valence-electron chi connectivity index (χ2n) is 3.43. The van der Waals surface area contributed by atoms with Gasteiger partial charge in [-0.05, 0) is 35.2 Å². The van der Waals surface area contributed by atoms with Crippen LogP contribution in [0, 0.1) is 6.92 Å². The van der Waals surface area contributed by atoms with Crippen LogP contribution < -0.4 is 0 Å². The molecule has 3 heteroatoms. The maximum atomic E-state index is 4.46. The van der Waals surface area contributed by atoms with Crippen LogP contribution in [0.15, 0.2) is 4.60 Å². The van der Waals surface area contributed by atoms with Crippen LogP contribution in [0.25, 0.3) is 0 Å². The van der Waals surface area contributed by atoms with Gasteiger partial charge in [0.15, 0.2) is 0 Å². The fourth-order valence-electron chi connectivity index (χ4n) is 1.39. The normalized spacial score (nSPS) is 10.9. The van der Waals surface area contributed by atoms with Crippen LogP contribution in [0.3, 0.4) is 0 Å². The third-order valence-electron chi connectivity index (χ3n) is 2.00. The largest absolute Gasteiger partial charge is 0.238 e. The van der Waals surface area contributed by atoms with Gasteiger partial charge in [-0.15, -0.1) is 0 Å². The molecular weight excluding hydrogens is 228 g/mol. The minimum atomic E-state index is 0.466. The highest BCUT2D eigenvalue weighted by molar-refractivity contribution is 9.10. The van der Waals surface area contributed by atoms with Crippen molar-refractivity contribution in [2.45, 2.75) is 40.0 Å². The van der Waals surface area contributed by atoms with E-state index in [1.165, 1.54) is 11.3 Å². The molecule has 1 heterocycles. The van der Waals surface area contributed by atoms with Crippen molar-refractivity contribution in [2.24, 2.45) is 0 Å². The van der Waals surface area contributed by atoms with E-state index in [1.807, 2.05) is 6.92 Å². The third-order valence-corrected chi connectivity index (χ3v) is 2.66. The Kier molecular flexibility index (Phi) is 3.42. The Labute approximate surface area is 87.9 Å². The average molecular weight is 243 g/mol. The van der Waals surface area contributed by atoms with E-state index in [0.717, 1.165) is 16.8 Å². The summed E-state index contributed by atoms with van der Waals surface area (Å²) >= 11 is 3.48. The molecule has 0 aliphatic carbocycles. The number of halogens is 1. The van der Waals surface area contributed by atoms with Gasteiger partial charge in [-0.1, -0.05) is 20.8 Å². The van der Waals surface area contributed by atoms with Crippen LogP contribution in [-0.4, -0.2) is 9.97 Å². The van der Waals surface area contributed by atoms with Crippen molar-refractivity contribution in [1.82, 2.24) is 9.97 Å². The van der Waals surface area contributed by atoms with E-state index in [9.17, 15) is 0 Å². The van der Waals surface area contributed by atoms with Crippen LogP contribution in [0.5, 0.6) is 0 Å². The van der Waals surface area contributed by atoms with Crippen molar-refractivity contribution in [2.75, 3.05) is 0 Å². The molecule has 0 spiro atoms. The van der Waals surface area contributed by atoms with Crippen LogP contribution in [0.4, 0.5) is 0 Å². The fourth-order valence-corrected chi connectivity index (χ4v) is 2.13. The van der Waals surface area contributed by atoms with Crippen molar-refractivity contribution < 1.29 is 0 Å². The molecule has 0 amide bonds. The second kappa shape index (κ2) is 4.18. The van der Waals surface area contributed by atoms with Gasteiger partial charge >= 0.3 is 0 Å². The van der Waals surface area contributed by atoms with Gasteiger partial charge in [0.1, 0.15) is 10.4 Å². The second-order valence-corrected chi connectivity index (χ2v) is 4.18. The lowest BCUT2D eigenvalue weighted by molar-refractivity contribution is 0.770. The summed E-state index contributed by atoms with van der Waals surface area (Å²) in [7, 11) is 0. The summed E-state index contributed by atoms with van der Waals surface area (Å²) < 4.78 is 0.950. The summed E-state index contributed by atoms with van der Waals surface area (Å²) in [5, 5.41) is 0. The molecule has 1 aromatic rings. The standard InChI is InChI=1S/C10H15BrN2/c1-5-8-9(6(2)3)12-7(4)13-10(8)11/h6H,5H2,1-4H3. The molecule has 0 bridgehead atoms. The lowest BCUT2D eigenvalue weighted by atomic mass is 10.0. The zero-order chi connectivity index (χ0) is 10.0. The third kappa shape index (κ3) is 2.27. The van der Waals surface area contributed by atoms with Gasteiger partial charge in [-0.2, -0.15) is 0 Å². The first-order chi connectivity index (χ1) is 6.06. The van der Waals surface area contributed by atoms with E-state index in [2.05, 4.69) is 46.7 Å². The molecule has 1 rings (SSSR count). The van der Waals surface area contributed by atoms with Crippen LogP contribution in [0.2, 0.25) is 0 Å². The molecule has 0 saturated carbocycles. The van der Waals surface area contributed by atoms with Gasteiger partial charge in [0.05, 0.1) is 5.69 Å². The predicted molar refractivity (Wildman–Crippen MR) is 57.9 cm³/mol. The lowest BCUT2D eigenvalue weighted by Crippen LogP contribution is -2.04. The number of aromatic nitrogens is 2. The summed E-state index contributed by atoms with van der Waals surface area (Å²) in [4.78, 5) is 8.76. The minimum absolute atomic E-state index is 0.466. The molecule has 0 atom stereocenters. The molecule has 0 aliphatic rings. The SMILES string of the molecule is CCc1c(Br)nc(C)nc1C(C)C. The monoisotopic (exact) mass is 242 g/mol. The van der Waals surface area contributed by atoms with E-state index >= 15 is 0 Å². The zero-order valence-corrected chi connectivity index (χ0v) is 10.1. The molecule has 13 heavy (non-hydrogen) atoms. The molecule has 1 aromatic heterocycles. The first kappa shape index (κ1) is 10.6. The highest BCUT2D eigenvalue weighted by Crippen LogP contribution is 2.23. The molecule has 0 aromatic carbocycles. The van der Waals surface area contributed by atoms with Gasteiger partial charge in [0, 0.05) is 5.56 Å². The summed E-state index contributed by atoms with van der Waals surface area (Å²) in [6.07, 6.45) is 0.981. The van der Waals surface area contributed by atoms with Crippen molar-refractivity contribution >= 4 is 15.9 Å². The Hall–Kier alpha value is -0.440. The maximum Gasteiger partial charge on any atom is 0.126 e. The molecular formula is C10H15BrN2. The molecule has 0 radical (unpaired) electrons. The number of hydrogen-bond acceptors (Lipinski definition) is 2. The van der Waals surface area contributed by atoms with E-state index in [0.29, 0.717) is 5.92 Å². The minimum Gasteiger partial charge on any atom is -0.238 e. The molecule has 2 nitrogen and oxygen atoms in total. The molecule has 0 saturated heterocycles. The highest BCUT2D eigenvalue weighted by Gasteiger charge is 2.11. The van der Waals surface area contributed by atoms with E-state index in [1.54, 1.807) is 0 Å². The molecule has 0 N–H and O–H groups in total. The summed E-state index contributed by atoms with van der Waals surface area (Å²) in [6.45, 7) is 8.38. The number of nitrogens with zero attached hydrogens (tertiary/aromatic N) is 2. The average Bonchev–Trinajstić information content (AvgIpc) is 2.02. The molecule has 0 fully saturated rings. The highest BCUT2D eigenvalue weighted by atomic mass is 79.9. The summed E-state index contributed by atoms with van der Waals surface area (Å²) in [5.41, 5.74) is 2.41. The van der Waals surface area contributed by atoms with Crippen LogP contribution >= 0.6 is 15.9 Å². The first-order valence-electron chi connectivity index (χ1n) is 4.59. The van der Waals surface area contributed by atoms with Crippen molar-refractivity contribution in [3.63, 3.8) is 0 Å². The Morgan fingerprint density at radius 1 is 1.31 bits per heavy atom. The molecule has 72 valence electrons. The summed E-state index contributed by atoms with van der Waals surface area (Å²) in [5.74, 6) is 1.31. The number of aryl methyl sites for hydroxylation is 1. The smallest absolute Gasteiger partial charge is 0.126 e. The lowest BCUT2D eigenvalue weighted by Gasteiger charge is -2.12. The first-order valence-corrected chi connectivity index (χ1v) is 5.38. The van der Waals surface area contributed by atoms with Gasteiger partial charge in [-0.3, -0.25) is 0 Å². The van der Waals surface area contributed by atoms with Crippen molar-refractivity contribution in [1.29, 1.82) is 0 Å². The fraction of sp³-hybridized carbons (Fsp3) is 0.600. The van der Waals surface area contributed by atoms with Gasteiger partial charge in [-0.25, -0.2) is 9.97 Å². The Morgan fingerprint density at radius 3 is 2.38 bits per heavy atom. The summed E-state index contributed by atoms with van der Waals surface area (Å²) in [6, 6.07) is 0. The zero-order valence-electron chi connectivity index (χ0n) is 8.56. The maximum absolute atomic E-state index is 4.46. The Balaban J connectivity index is 3.29. The van der Waals surface area contributed by atoms with Gasteiger partial charge in [0.25, 0.3) is 0 Å². The molecule has 0 aliphatic heterocycles.